The number of aryl methyl sites for hydroxylation is 1. The lowest BCUT2D eigenvalue weighted by molar-refractivity contribution is -0.143. The lowest BCUT2D eigenvalue weighted by Crippen LogP contribution is -2.34. The molecule has 0 radical (unpaired) electrons. The number of fused-ring (bicyclic) bond motifs is 1. The van der Waals surface area contributed by atoms with E-state index in [1.165, 1.54) is 5.56 Å². The number of rotatable bonds is 2. The fourth-order valence-electron chi connectivity index (χ4n) is 3.49. The van der Waals surface area contributed by atoms with E-state index in [2.05, 4.69) is 13.0 Å². The van der Waals surface area contributed by atoms with Gasteiger partial charge in [0.05, 0.1) is 11.5 Å². The van der Waals surface area contributed by atoms with E-state index in [0.717, 1.165) is 49.8 Å². The van der Waals surface area contributed by atoms with Crippen molar-refractivity contribution in [2.24, 2.45) is 0 Å². The summed E-state index contributed by atoms with van der Waals surface area (Å²) in [7, 11) is 0. The minimum absolute atomic E-state index is 0.181. The molecule has 3 nitrogen and oxygen atoms in total. The van der Waals surface area contributed by atoms with Gasteiger partial charge in [-0.3, -0.25) is 4.79 Å². The van der Waals surface area contributed by atoms with Crippen LogP contribution in [-0.2, 0) is 16.6 Å². The monoisotopic (exact) mass is 260 g/mol. The predicted octanol–water partition coefficient (Wildman–Crippen LogP) is 3.30. The Morgan fingerprint density at radius 2 is 2.11 bits per heavy atom. The van der Waals surface area contributed by atoms with Crippen LogP contribution in [-0.4, -0.2) is 17.2 Å². The van der Waals surface area contributed by atoms with Crippen molar-refractivity contribution in [3.8, 4) is 5.75 Å². The zero-order chi connectivity index (χ0) is 13.5. The maximum Gasteiger partial charge on any atom is 0.314 e. The number of ether oxygens (including phenoxy) is 1. The molecule has 1 N–H and O–H groups in total. The summed E-state index contributed by atoms with van der Waals surface area (Å²) in [4.78, 5) is 11.8. The maximum absolute atomic E-state index is 11.8. The molecule has 1 aliphatic carbocycles. The van der Waals surface area contributed by atoms with Crippen molar-refractivity contribution in [3.63, 3.8) is 0 Å². The molecule has 3 heteroatoms. The number of hydrogen-bond donors (Lipinski definition) is 1. The minimum Gasteiger partial charge on any atom is -0.490 e. The Kier molecular flexibility index (Phi) is 3.00. The molecular weight excluding hydrogens is 240 g/mol. The van der Waals surface area contributed by atoms with Crippen LogP contribution in [0.1, 0.15) is 50.2 Å². The van der Waals surface area contributed by atoms with E-state index in [9.17, 15) is 9.90 Å². The lowest BCUT2D eigenvalue weighted by Gasteiger charge is -2.32. The van der Waals surface area contributed by atoms with E-state index in [4.69, 9.17) is 4.74 Å². The molecule has 102 valence electrons. The fraction of sp³-hybridized carbons (Fsp3) is 0.562. The molecule has 1 aromatic carbocycles. The molecule has 19 heavy (non-hydrogen) atoms. The molecule has 3 rings (SSSR count). The summed E-state index contributed by atoms with van der Waals surface area (Å²) in [6, 6.07) is 6.00. The number of carbonyl (C=O) groups is 1. The quantitative estimate of drug-likeness (QED) is 0.887. The molecule has 1 aromatic rings. The molecule has 2 aliphatic rings. The maximum atomic E-state index is 11.8. The summed E-state index contributed by atoms with van der Waals surface area (Å²) in [6.45, 7) is 2.06. The second-order valence-corrected chi connectivity index (χ2v) is 5.86. The van der Waals surface area contributed by atoms with Crippen LogP contribution in [0.3, 0.4) is 0 Å². The Morgan fingerprint density at radius 1 is 1.37 bits per heavy atom. The van der Waals surface area contributed by atoms with Crippen LogP contribution in [0.2, 0.25) is 0 Å². The van der Waals surface area contributed by atoms with Crippen LogP contribution < -0.4 is 4.74 Å². The molecule has 1 saturated carbocycles. The van der Waals surface area contributed by atoms with E-state index in [1.54, 1.807) is 0 Å². The third kappa shape index (κ3) is 1.92. The van der Waals surface area contributed by atoms with Gasteiger partial charge in [0.25, 0.3) is 0 Å². The second kappa shape index (κ2) is 4.55. The average Bonchev–Trinajstić information content (AvgIpc) is 2.88. The Hall–Kier alpha value is -1.51. The third-order valence-corrected chi connectivity index (χ3v) is 4.62. The summed E-state index contributed by atoms with van der Waals surface area (Å²) in [5.41, 5.74) is 1.35. The molecule has 0 saturated heterocycles. The summed E-state index contributed by atoms with van der Waals surface area (Å²) >= 11 is 0. The first-order valence-electron chi connectivity index (χ1n) is 7.16. The highest BCUT2D eigenvalue weighted by molar-refractivity contribution is 5.83. The zero-order valence-electron chi connectivity index (χ0n) is 11.3. The van der Waals surface area contributed by atoms with Gasteiger partial charge in [0.2, 0.25) is 0 Å². The molecule has 0 spiro atoms. The Balaban J connectivity index is 2.12. The van der Waals surface area contributed by atoms with Gasteiger partial charge >= 0.3 is 5.97 Å². The molecule has 0 amide bonds. The first-order chi connectivity index (χ1) is 9.13. The van der Waals surface area contributed by atoms with Crippen molar-refractivity contribution in [1.29, 1.82) is 0 Å². The average molecular weight is 260 g/mol. The first-order valence-corrected chi connectivity index (χ1v) is 7.16. The SMILES string of the molecule is CC1CCc2cccc(C3(C(=O)O)CCCC3)c2O1. The van der Waals surface area contributed by atoms with Gasteiger partial charge in [0, 0.05) is 5.56 Å². The van der Waals surface area contributed by atoms with Gasteiger partial charge in [-0.25, -0.2) is 0 Å². The molecule has 1 fully saturated rings. The first kappa shape index (κ1) is 12.5. The van der Waals surface area contributed by atoms with Crippen molar-refractivity contribution in [1.82, 2.24) is 0 Å². The summed E-state index contributed by atoms with van der Waals surface area (Å²) < 4.78 is 5.99. The molecular formula is C16H20O3. The third-order valence-electron chi connectivity index (χ3n) is 4.62. The minimum atomic E-state index is -0.720. The number of carboxylic acids is 1. The standard InChI is InChI=1S/C16H20O3/c1-11-7-8-12-5-4-6-13(14(12)19-11)16(15(17)18)9-2-3-10-16/h4-6,11H,2-3,7-10H2,1H3,(H,17,18). The van der Waals surface area contributed by atoms with Crippen LogP contribution in [0, 0.1) is 0 Å². The normalized spacial score (nSPS) is 24.6. The van der Waals surface area contributed by atoms with Crippen molar-refractivity contribution in [2.75, 3.05) is 0 Å². The highest BCUT2D eigenvalue weighted by Gasteiger charge is 2.45. The molecule has 1 unspecified atom stereocenters. The van der Waals surface area contributed by atoms with Gasteiger partial charge in [0.1, 0.15) is 5.75 Å². The predicted molar refractivity (Wildman–Crippen MR) is 72.6 cm³/mol. The van der Waals surface area contributed by atoms with Crippen LogP contribution in [0.5, 0.6) is 5.75 Å². The highest BCUT2D eigenvalue weighted by atomic mass is 16.5. The van der Waals surface area contributed by atoms with Crippen molar-refractivity contribution in [2.45, 2.75) is 57.0 Å². The van der Waals surface area contributed by atoms with Gasteiger partial charge in [-0.2, -0.15) is 0 Å². The van der Waals surface area contributed by atoms with Crippen molar-refractivity contribution in [3.05, 3.63) is 29.3 Å². The van der Waals surface area contributed by atoms with E-state index >= 15 is 0 Å². The molecule has 1 atom stereocenters. The number of benzene rings is 1. The molecule has 1 aliphatic heterocycles. The van der Waals surface area contributed by atoms with Gasteiger partial charge in [-0.1, -0.05) is 31.0 Å². The van der Waals surface area contributed by atoms with E-state index in [0.29, 0.717) is 0 Å². The topological polar surface area (TPSA) is 46.5 Å². The number of carboxylic acid groups (broad SMARTS) is 1. The number of aliphatic carboxylic acids is 1. The molecule has 0 bridgehead atoms. The Labute approximate surface area is 113 Å². The lowest BCUT2D eigenvalue weighted by atomic mass is 9.77. The van der Waals surface area contributed by atoms with E-state index < -0.39 is 11.4 Å². The fourth-order valence-corrected chi connectivity index (χ4v) is 3.49. The smallest absolute Gasteiger partial charge is 0.314 e. The Morgan fingerprint density at radius 3 is 2.79 bits per heavy atom. The van der Waals surface area contributed by atoms with Crippen molar-refractivity contribution >= 4 is 5.97 Å². The number of hydrogen-bond acceptors (Lipinski definition) is 2. The van der Waals surface area contributed by atoms with E-state index in [1.807, 2.05) is 12.1 Å². The summed E-state index contributed by atoms with van der Waals surface area (Å²) in [5, 5.41) is 9.73. The second-order valence-electron chi connectivity index (χ2n) is 5.86. The van der Waals surface area contributed by atoms with Crippen molar-refractivity contribution < 1.29 is 14.6 Å². The highest BCUT2D eigenvalue weighted by Crippen LogP contribution is 2.47. The van der Waals surface area contributed by atoms with Gasteiger partial charge in [-0.05, 0) is 38.2 Å². The van der Waals surface area contributed by atoms with Crippen LogP contribution >= 0.6 is 0 Å². The summed E-state index contributed by atoms with van der Waals surface area (Å²) in [5.74, 6) is 0.158. The molecule has 0 aromatic heterocycles. The van der Waals surface area contributed by atoms with Crippen LogP contribution in [0.15, 0.2) is 18.2 Å². The Bertz CT molecular complexity index is 501. The van der Waals surface area contributed by atoms with Gasteiger partial charge in [0.15, 0.2) is 0 Å². The van der Waals surface area contributed by atoms with Crippen LogP contribution in [0.4, 0.5) is 0 Å². The summed E-state index contributed by atoms with van der Waals surface area (Å²) in [6.07, 6.45) is 5.63. The van der Waals surface area contributed by atoms with E-state index in [-0.39, 0.29) is 6.10 Å². The number of para-hydroxylation sites is 1. The van der Waals surface area contributed by atoms with Gasteiger partial charge in [-0.15, -0.1) is 0 Å². The zero-order valence-corrected chi connectivity index (χ0v) is 11.3. The van der Waals surface area contributed by atoms with Gasteiger partial charge < -0.3 is 9.84 Å². The molecule has 1 heterocycles. The van der Waals surface area contributed by atoms with Crippen LogP contribution in [0.25, 0.3) is 0 Å². The largest absolute Gasteiger partial charge is 0.490 e.